The van der Waals surface area contributed by atoms with Crippen molar-refractivity contribution in [3.8, 4) is 0 Å². The largest absolute Gasteiger partial charge is 0.469 e. The Kier molecular flexibility index (Phi) is 7.72. The highest BCUT2D eigenvalue weighted by atomic mass is 16.6. The summed E-state index contributed by atoms with van der Waals surface area (Å²) in [6, 6.07) is 0. The van der Waals surface area contributed by atoms with E-state index in [-0.39, 0.29) is 12.3 Å². The van der Waals surface area contributed by atoms with E-state index in [1.165, 1.54) is 0 Å². The minimum absolute atomic E-state index is 0.0831. The summed E-state index contributed by atoms with van der Waals surface area (Å²) in [5.41, 5.74) is -2.68. The lowest BCUT2D eigenvalue weighted by Gasteiger charge is -2.30. The smallest absolute Gasteiger partial charge is 0.339 e. The van der Waals surface area contributed by atoms with Crippen LogP contribution in [0.4, 0.5) is 0 Å². The van der Waals surface area contributed by atoms with Crippen molar-refractivity contribution in [2.75, 3.05) is 21.3 Å². The molecule has 0 aliphatic carbocycles. The van der Waals surface area contributed by atoms with Gasteiger partial charge in [0.2, 0.25) is 0 Å². The van der Waals surface area contributed by atoms with Crippen LogP contribution >= 0.6 is 0 Å². The number of methoxy groups -OCH3 is 3. The molecule has 1 N–H and O–H groups in total. The second-order valence-electron chi connectivity index (χ2n) is 5.19. The molecule has 0 heterocycles. The van der Waals surface area contributed by atoms with E-state index in [2.05, 4.69) is 14.2 Å². The monoisotopic (exact) mass is 318 g/mol. The SMILES string of the molecule is COC(=O)CC(O)(C(=O)OC)C(C(=O)CC(C)C)C(=O)OC. The number of esters is 3. The van der Waals surface area contributed by atoms with Gasteiger partial charge in [-0.1, -0.05) is 13.8 Å². The van der Waals surface area contributed by atoms with Crippen molar-refractivity contribution in [1.82, 2.24) is 0 Å². The van der Waals surface area contributed by atoms with Crippen LogP contribution < -0.4 is 0 Å². The van der Waals surface area contributed by atoms with E-state index in [1.54, 1.807) is 13.8 Å². The maximum atomic E-state index is 12.3. The van der Waals surface area contributed by atoms with Crippen LogP contribution in [0.3, 0.4) is 0 Å². The van der Waals surface area contributed by atoms with Gasteiger partial charge in [0.05, 0.1) is 27.8 Å². The second-order valence-corrected chi connectivity index (χ2v) is 5.19. The van der Waals surface area contributed by atoms with Crippen LogP contribution in [0.15, 0.2) is 0 Å². The third kappa shape index (κ3) is 4.80. The predicted octanol–water partition coefficient (Wildman–Crippen LogP) is -0.142. The van der Waals surface area contributed by atoms with Crippen LogP contribution in [0.1, 0.15) is 26.7 Å². The number of rotatable bonds is 8. The van der Waals surface area contributed by atoms with E-state index >= 15 is 0 Å². The van der Waals surface area contributed by atoms with E-state index in [9.17, 15) is 24.3 Å². The zero-order valence-corrected chi connectivity index (χ0v) is 13.4. The summed E-state index contributed by atoms with van der Waals surface area (Å²) in [5, 5.41) is 10.5. The number of Topliss-reactive ketones (excluding diaryl/α,β-unsaturated/α-hetero) is 1. The lowest BCUT2D eigenvalue weighted by atomic mass is 9.79. The molecule has 0 aromatic carbocycles. The predicted molar refractivity (Wildman–Crippen MR) is 73.6 cm³/mol. The summed E-state index contributed by atoms with van der Waals surface area (Å²) in [7, 11) is 3.02. The van der Waals surface area contributed by atoms with Crippen LogP contribution in [0, 0.1) is 11.8 Å². The van der Waals surface area contributed by atoms with Crippen molar-refractivity contribution in [2.24, 2.45) is 11.8 Å². The van der Waals surface area contributed by atoms with Gasteiger partial charge in [0.1, 0.15) is 0 Å². The van der Waals surface area contributed by atoms with Gasteiger partial charge in [-0.15, -0.1) is 0 Å². The summed E-state index contributed by atoms with van der Waals surface area (Å²) in [5.74, 6) is -6.10. The molecule has 2 unspecified atom stereocenters. The van der Waals surface area contributed by atoms with Crippen molar-refractivity contribution >= 4 is 23.7 Å². The van der Waals surface area contributed by atoms with Gasteiger partial charge in [-0.25, -0.2) is 4.79 Å². The van der Waals surface area contributed by atoms with Crippen molar-refractivity contribution in [2.45, 2.75) is 32.3 Å². The molecule has 0 aromatic rings. The van der Waals surface area contributed by atoms with Crippen LogP contribution in [-0.2, 0) is 33.4 Å². The van der Waals surface area contributed by atoms with Gasteiger partial charge in [0.25, 0.3) is 0 Å². The molecule has 8 heteroatoms. The van der Waals surface area contributed by atoms with Crippen LogP contribution in [-0.4, -0.2) is 55.7 Å². The molecule has 0 aliphatic heterocycles. The van der Waals surface area contributed by atoms with E-state index in [0.29, 0.717) is 0 Å². The van der Waals surface area contributed by atoms with Crippen molar-refractivity contribution < 1.29 is 38.5 Å². The fraction of sp³-hybridized carbons (Fsp3) is 0.714. The van der Waals surface area contributed by atoms with Gasteiger partial charge in [-0.3, -0.25) is 14.4 Å². The molecule has 0 aromatic heterocycles. The van der Waals surface area contributed by atoms with E-state index in [0.717, 1.165) is 21.3 Å². The normalized spacial score (nSPS) is 14.7. The lowest BCUT2D eigenvalue weighted by molar-refractivity contribution is -0.184. The fourth-order valence-electron chi connectivity index (χ4n) is 1.99. The molecule has 0 fully saturated rings. The topological polar surface area (TPSA) is 116 Å². The molecule has 0 saturated carbocycles. The van der Waals surface area contributed by atoms with Gasteiger partial charge in [0.15, 0.2) is 17.3 Å². The first kappa shape index (κ1) is 20.0. The Balaban J connectivity index is 5.83. The Morgan fingerprint density at radius 1 is 1.00 bits per heavy atom. The average molecular weight is 318 g/mol. The molecule has 0 rings (SSSR count). The molecule has 0 spiro atoms. The van der Waals surface area contributed by atoms with E-state index < -0.39 is 41.6 Å². The summed E-state index contributed by atoms with van der Waals surface area (Å²) >= 11 is 0. The third-order valence-corrected chi connectivity index (χ3v) is 3.03. The number of hydrogen-bond acceptors (Lipinski definition) is 8. The molecule has 0 amide bonds. The number of aliphatic hydroxyl groups is 1. The highest BCUT2D eigenvalue weighted by Crippen LogP contribution is 2.28. The zero-order chi connectivity index (χ0) is 17.5. The van der Waals surface area contributed by atoms with Crippen molar-refractivity contribution in [3.05, 3.63) is 0 Å². The molecule has 2 atom stereocenters. The van der Waals surface area contributed by atoms with E-state index in [4.69, 9.17) is 0 Å². The number of ether oxygens (including phenoxy) is 3. The quantitative estimate of drug-likeness (QED) is 0.373. The molecule has 22 heavy (non-hydrogen) atoms. The van der Waals surface area contributed by atoms with Gasteiger partial charge in [-0.2, -0.15) is 0 Å². The molecular weight excluding hydrogens is 296 g/mol. The van der Waals surface area contributed by atoms with Crippen LogP contribution in [0.25, 0.3) is 0 Å². The van der Waals surface area contributed by atoms with Crippen LogP contribution in [0.5, 0.6) is 0 Å². The first-order chi connectivity index (χ1) is 10.1. The maximum Gasteiger partial charge on any atom is 0.339 e. The van der Waals surface area contributed by atoms with E-state index in [1.807, 2.05) is 0 Å². The van der Waals surface area contributed by atoms with Crippen molar-refractivity contribution in [1.29, 1.82) is 0 Å². The summed E-state index contributed by atoms with van der Waals surface area (Å²) in [6.07, 6.45) is -0.986. The molecule has 0 saturated heterocycles. The fourth-order valence-corrected chi connectivity index (χ4v) is 1.99. The number of ketones is 1. The highest BCUT2D eigenvalue weighted by Gasteiger charge is 2.54. The Labute approximate surface area is 128 Å². The number of carbonyl (C=O) groups excluding carboxylic acids is 4. The highest BCUT2D eigenvalue weighted by molar-refractivity contribution is 6.06. The maximum absolute atomic E-state index is 12.3. The number of hydrogen-bond donors (Lipinski definition) is 1. The molecule has 126 valence electrons. The summed E-state index contributed by atoms with van der Waals surface area (Å²) in [4.78, 5) is 47.5. The average Bonchev–Trinajstić information content (AvgIpc) is 2.44. The van der Waals surface area contributed by atoms with Gasteiger partial charge >= 0.3 is 17.9 Å². The zero-order valence-electron chi connectivity index (χ0n) is 13.4. The van der Waals surface area contributed by atoms with Gasteiger partial charge in [-0.05, 0) is 5.92 Å². The summed E-state index contributed by atoms with van der Waals surface area (Å²) in [6.45, 7) is 3.45. The van der Waals surface area contributed by atoms with Crippen molar-refractivity contribution in [3.63, 3.8) is 0 Å². The first-order valence-electron chi connectivity index (χ1n) is 6.62. The third-order valence-electron chi connectivity index (χ3n) is 3.03. The Bertz CT molecular complexity index is 442. The molecule has 0 bridgehead atoms. The minimum Gasteiger partial charge on any atom is -0.469 e. The second kappa shape index (κ2) is 8.47. The molecule has 8 nitrogen and oxygen atoms in total. The van der Waals surface area contributed by atoms with Gasteiger partial charge < -0.3 is 19.3 Å². The molecule has 0 aliphatic rings. The lowest BCUT2D eigenvalue weighted by Crippen LogP contribution is -2.55. The Morgan fingerprint density at radius 3 is 1.91 bits per heavy atom. The summed E-state index contributed by atoms with van der Waals surface area (Å²) < 4.78 is 13.3. The number of carbonyl (C=O) groups is 4. The van der Waals surface area contributed by atoms with Gasteiger partial charge in [0, 0.05) is 6.42 Å². The standard InChI is InChI=1S/C14H22O8/c1-8(2)6-9(15)11(12(17)21-4)14(19,13(18)22-5)7-10(16)20-3/h8,11,19H,6-7H2,1-5H3. The first-order valence-corrected chi connectivity index (χ1v) is 6.62. The molecule has 0 radical (unpaired) electrons. The molecular formula is C14H22O8. The van der Waals surface area contributed by atoms with Crippen LogP contribution in [0.2, 0.25) is 0 Å². The Morgan fingerprint density at radius 2 is 1.55 bits per heavy atom. The Hall–Kier alpha value is -1.96. The minimum atomic E-state index is -2.68.